The second-order valence-electron chi connectivity index (χ2n) is 3.99. The molecule has 0 aliphatic carbocycles. The molecule has 0 saturated carbocycles. The van der Waals surface area contributed by atoms with Crippen LogP contribution in [-0.2, 0) is 9.84 Å². The van der Waals surface area contributed by atoms with Crippen LogP contribution >= 0.6 is 0 Å². The van der Waals surface area contributed by atoms with Gasteiger partial charge in [-0.2, -0.15) is 0 Å². The molecule has 1 amide bonds. The number of H-pyrrole nitrogens is 1. The van der Waals surface area contributed by atoms with Gasteiger partial charge in [0.1, 0.15) is 5.56 Å². The summed E-state index contributed by atoms with van der Waals surface area (Å²) in [7, 11) is -3.03. The number of aromatic nitrogens is 1. The van der Waals surface area contributed by atoms with Gasteiger partial charge in [-0.3, -0.25) is 9.59 Å². The topological polar surface area (TPSA) is 96.1 Å². The number of rotatable bonds is 2. The van der Waals surface area contributed by atoms with Crippen LogP contribution in [0.4, 0.5) is 0 Å². The quantitative estimate of drug-likeness (QED) is 0.730. The van der Waals surface area contributed by atoms with E-state index in [1.54, 1.807) is 6.07 Å². The summed E-state index contributed by atoms with van der Waals surface area (Å²) in [6.45, 7) is 0. The summed E-state index contributed by atoms with van der Waals surface area (Å²) in [6.07, 6.45) is 1.83. The first kappa shape index (κ1) is 11.8. The van der Waals surface area contributed by atoms with E-state index in [9.17, 15) is 18.0 Å². The molecular formula is C10H12N2O4S. The molecule has 1 saturated heterocycles. The van der Waals surface area contributed by atoms with Crippen LogP contribution in [-0.4, -0.2) is 36.9 Å². The van der Waals surface area contributed by atoms with Gasteiger partial charge in [0, 0.05) is 12.2 Å². The Morgan fingerprint density at radius 2 is 2.24 bits per heavy atom. The van der Waals surface area contributed by atoms with Crippen LogP contribution in [0.2, 0.25) is 0 Å². The first-order valence-corrected chi connectivity index (χ1v) is 6.99. The predicted octanol–water partition coefficient (Wildman–Crippen LogP) is -0.708. The van der Waals surface area contributed by atoms with Gasteiger partial charge in [0.2, 0.25) is 0 Å². The van der Waals surface area contributed by atoms with E-state index in [2.05, 4.69) is 10.3 Å². The maximum absolute atomic E-state index is 11.7. The summed E-state index contributed by atoms with van der Waals surface area (Å²) >= 11 is 0. The average Bonchev–Trinajstić information content (AvgIpc) is 2.58. The summed E-state index contributed by atoms with van der Waals surface area (Å²) in [5.74, 6) is -0.499. The van der Waals surface area contributed by atoms with Crippen molar-refractivity contribution in [1.82, 2.24) is 10.3 Å². The Kier molecular flexibility index (Phi) is 3.01. The van der Waals surface area contributed by atoms with E-state index in [1.807, 2.05) is 0 Å². The highest BCUT2D eigenvalue weighted by molar-refractivity contribution is 7.91. The van der Waals surface area contributed by atoms with Crippen LogP contribution in [0.1, 0.15) is 16.8 Å². The lowest BCUT2D eigenvalue weighted by molar-refractivity contribution is 0.0939. The van der Waals surface area contributed by atoms with Gasteiger partial charge in [-0.05, 0) is 18.6 Å². The Morgan fingerprint density at radius 3 is 2.82 bits per heavy atom. The molecule has 7 heteroatoms. The van der Waals surface area contributed by atoms with Crippen molar-refractivity contribution in [1.29, 1.82) is 0 Å². The van der Waals surface area contributed by atoms with Crippen molar-refractivity contribution in [3.8, 4) is 0 Å². The molecule has 2 heterocycles. The van der Waals surface area contributed by atoms with Crippen molar-refractivity contribution in [3.63, 3.8) is 0 Å². The number of amides is 1. The first-order valence-electron chi connectivity index (χ1n) is 5.17. The van der Waals surface area contributed by atoms with Crippen LogP contribution in [0.25, 0.3) is 0 Å². The van der Waals surface area contributed by atoms with Crippen LogP contribution < -0.4 is 10.9 Å². The summed E-state index contributed by atoms with van der Waals surface area (Å²) in [6, 6.07) is 2.55. The van der Waals surface area contributed by atoms with Gasteiger partial charge in [0.05, 0.1) is 11.5 Å². The third-order valence-corrected chi connectivity index (χ3v) is 4.40. The number of hydrogen-bond acceptors (Lipinski definition) is 4. The van der Waals surface area contributed by atoms with Crippen LogP contribution in [0, 0.1) is 0 Å². The van der Waals surface area contributed by atoms with Gasteiger partial charge in [0.25, 0.3) is 11.5 Å². The van der Waals surface area contributed by atoms with E-state index >= 15 is 0 Å². The third-order valence-electron chi connectivity index (χ3n) is 2.63. The Hall–Kier alpha value is -1.63. The number of pyridine rings is 1. The minimum atomic E-state index is -3.03. The summed E-state index contributed by atoms with van der Waals surface area (Å²) in [4.78, 5) is 25.4. The van der Waals surface area contributed by atoms with Crippen LogP contribution in [0.3, 0.4) is 0 Å². The fourth-order valence-electron chi connectivity index (χ4n) is 1.77. The maximum atomic E-state index is 11.7. The van der Waals surface area contributed by atoms with E-state index in [0.717, 1.165) is 0 Å². The molecular weight excluding hydrogens is 244 g/mol. The van der Waals surface area contributed by atoms with Crippen molar-refractivity contribution >= 4 is 15.7 Å². The molecule has 1 aliphatic rings. The van der Waals surface area contributed by atoms with E-state index in [-0.39, 0.29) is 17.1 Å². The Balaban J connectivity index is 2.09. The van der Waals surface area contributed by atoms with Gasteiger partial charge < -0.3 is 10.3 Å². The average molecular weight is 256 g/mol. The van der Waals surface area contributed by atoms with Gasteiger partial charge in [-0.15, -0.1) is 0 Å². The number of carbonyl (C=O) groups excluding carboxylic acids is 1. The first-order chi connectivity index (χ1) is 7.98. The molecule has 0 spiro atoms. The lowest BCUT2D eigenvalue weighted by atomic mass is 10.2. The highest BCUT2D eigenvalue weighted by Crippen LogP contribution is 2.11. The zero-order chi connectivity index (χ0) is 12.5. The van der Waals surface area contributed by atoms with Crippen molar-refractivity contribution < 1.29 is 13.2 Å². The normalized spacial score (nSPS) is 22.2. The Bertz CT molecular complexity index is 590. The fraction of sp³-hybridized carbons (Fsp3) is 0.400. The molecule has 1 aliphatic heterocycles. The lowest BCUT2D eigenvalue weighted by Gasteiger charge is -2.09. The molecule has 0 aromatic carbocycles. The molecule has 0 bridgehead atoms. The number of hydrogen-bond donors (Lipinski definition) is 2. The summed E-state index contributed by atoms with van der Waals surface area (Å²) < 4.78 is 22.4. The van der Waals surface area contributed by atoms with E-state index in [0.29, 0.717) is 6.42 Å². The number of sulfone groups is 1. The SMILES string of the molecule is O=C(NC1CCS(=O)(=O)C1)c1ccc[nH]c1=O. The van der Waals surface area contributed by atoms with E-state index in [4.69, 9.17) is 0 Å². The number of carbonyl (C=O) groups is 1. The zero-order valence-electron chi connectivity index (χ0n) is 8.97. The molecule has 1 unspecified atom stereocenters. The van der Waals surface area contributed by atoms with Gasteiger partial charge >= 0.3 is 0 Å². The molecule has 6 nitrogen and oxygen atoms in total. The van der Waals surface area contributed by atoms with Crippen molar-refractivity contribution in [2.45, 2.75) is 12.5 Å². The highest BCUT2D eigenvalue weighted by atomic mass is 32.2. The Labute approximate surface area is 98.0 Å². The minimum Gasteiger partial charge on any atom is -0.348 e. The molecule has 92 valence electrons. The largest absolute Gasteiger partial charge is 0.348 e. The minimum absolute atomic E-state index is 0.00296. The molecule has 2 rings (SSSR count). The molecule has 1 aromatic heterocycles. The van der Waals surface area contributed by atoms with Gasteiger partial charge in [-0.1, -0.05) is 0 Å². The molecule has 1 fully saturated rings. The van der Waals surface area contributed by atoms with E-state index in [1.165, 1.54) is 12.3 Å². The maximum Gasteiger partial charge on any atom is 0.260 e. The standard InChI is InChI=1S/C10H12N2O4S/c13-9-8(2-1-4-11-9)10(14)12-7-3-5-17(15,16)6-7/h1-2,4,7H,3,5-6H2,(H,11,13)(H,12,14). The lowest BCUT2D eigenvalue weighted by Crippen LogP contribution is -2.38. The van der Waals surface area contributed by atoms with Crippen LogP contribution in [0.15, 0.2) is 23.1 Å². The Morgan fingerprint density at radius 1 is 1.47 bits per heavy atom. The van der Waals surface area contributed by atoms with Gasteiger partial charge in [-0.25, -0.2) is 8.42 Å². The van der Waals surface area contributed by atoms with Gasteiger partial charge in [0.15, 0.2) is 9.84 Å². The van der Waals surface area contributed by atoms with Crippen molar-refractivity contribution in [3.05, 3.63) is 34.2 Å². The fourth-order valence-corrected chi connectivity index (χ4v) is 3.45. The van der Waals surface area contributed by atoms with Crippen molar-refractivity contribution in [2.24, 2.45) is 0 Å². The van der Waals surface area contributed by atoms with E-state index < -0.39 is 27.3 Å². The molecule has 17 heavy (non-hydrogen) atoms. The second kappa shape index (κ2) is 4.33. The number of nitrogens with one attached hydrogen (secondary N) is 2. The molecule has 1 aromatic rings. The predicted molar refractivity (Wildman–Crippen MR) is 61.6 cm³/mol. The van der Waals surface area contributed by atoms with Crippen LogP contribution in [0.5, 0.6) is 0 Å². The molecule has 0 radical (unpaired) electrons. The smallest absolute Gasteiger partial charge is 0.260 e. The zero-order valence-corrected chi connectivity index (χ0v) is 9.79. The highest BCUT2D eigenvalue weighted by Gasteiger charge is 2.29. The summed E-state index contributed by atoms with van der Waals surface area (Å²) in [5, 5.41) is 2.55. The number of aromatic amines is 1. The summed E-state index contributed by atoms with van der Waals surface area (Å²) in [5.41, 5.74) is -0.484. The molecule has 2 N–H and O–H groups in total. The van der Waals surface area contributed by atoms with Crippen molar-refractivity contribution in [2.75, 3.05) is 11.5 Å². The molecule has 1 atom stereocenters. The third kappa shape index (κ3) is 2.73. The second-order valence-corrected chi connectivity index (χ2v) is 6.22. The monoisotopic (exact) mass is 256 g/mol.